The summed E-state index contributed by atoms with van der Waals surface area (Å²) in [5, 5.41) is 3.26. The number of anilines is 3. The van der Waals surface area contributed by atoms with E-state index in [4.69, 9.17) is 0 Å². The number of piperazine rings is 1. The van der Waals surface area contributed by atoms with Gasteiger partial charge >= 0.3 is 0 Å². The first-order valence-corrected chi connectivity index (χ1v) is 12.8. The van der Waals surface area contributed by atoms with Crippen molar-refractivity contribution < 1.29 is 8.78 Å². The lowest BCUT2D eigenvalue weighted by Gasteiger charge is -2.34. The van der Waals surface area contributed by atoms with Gasteiger partial charge in [0.05, 0.1) is 11.9 Å². The maximum absolute atomic E-state index is 13.6. The highest BCUT2D eigenvalue weighted by Crippen LogP contribution is 2.23. The van der Waals surface area contributed by atoms with Gasteiger partial charge in [0, 0.05) is 56.1 Å². The van der Waals surface area contributed by atoms with E-state index in [-0.39, 0.29) is 22.8 Å². The fourth-order valence-electron chi connectivity index (χ4n) is 4.68. The lowest BCUT2D eigenvalue weighted by Crippen LogP contribution is -2.44. The lowest BCUT2D eigenvalue weighted by atomic mass is 10.2. The van der Waals surface area contributed by atoms with Crippen molar-refractivity contribution in [1.29, 1.82) is 0 Å². The molecular weight excluding hydrogens is 518 g/mol. The molecule has 1 saturated heterocycles. The van der Waals surface area contributed by atoms with Crippen molar-refractivity contribution in [2.24, 2.45) is 0 Å². The Labute approximate surface area is 227 Å². The number of alkyl halides is 2. The van der Waals surface area contributed by atoms with Crippen LogP contribution < -0.4 is 15.8 Å². The van der Waals surface area contributed by atoms with Gasteiger partial charge in [-0.05, 0) is 43.4 Å². The molecule has 0 saturated carbocycles. The molecule has 6 rings (SSSR count). The summed E-state index contributed by atoms with van der Waals surface area (Å²) in [6.07, 6.45) is 3.19. The summed E-state index contributed by atoms with van der Waals surface area (Å²) >= 11 is 0. The fraction of sp³-hybridized carbons (Fsp3) is 0.259. The molecule has 1 fully saturated rings. The van der Waals surface area contributed by atoms with E-state index < -0.39 is 18.5 Å². The van der Waals surface area contributed by atoms with Crippen molar-refractivity contribution in [2.75, 3.05) is 43.4 Å². The molecule has 1 aliphatic rings. The van der Waals surface area contributed by atoms with Gasteiger partial charge in [-0.3, -0.25) is 14.8 Å². The molecule has 0 aliphatic carbocycles. The van der Waals surface area contributed by atoms with Crippen LogP contribution in [0.5, 0.6) is 0 Å². The summed E-state index contributed by atoms with van der Waals surface area (Å²) in [6, 6.07) is 13.0. The van der Waals surface area contributed by atoms with Crippen molar-refractivity contribution >= 4 is 28.4 Å². The van der Waals surface area contributed by atoms with Crippen LogP contribution in [0, 0.1) is 0 Å². The molecule has 204 valence electrons. The van der Waals surface area contributed by atoms with Crippen LogP contribution in [0.1, 0.15) is 0 Å². The van der Waals surface area contributed by atoms with Crippen LogP contribution in [-0.4, -0.2) is 78.8 Å². The molecule has 11 nitrogen and oxygen atoms in total. The minimum absolute atomic E-state index is 0.100. The summed E-state index contributed by atoms with van der Waals surface area (Å²) in [5.74, 6) is 0.449. The SMILES string of the molecule is CN1CCN(c2ccc(Nc3ncc4c(=O)n(CC(F)F)n(-c5cccc(-c6cnccn6)n5)c4n3)cc2)CC1. The van der Waals surface area contributed by atoms with E-state index in [1.165, 1.54) is 17.1 Å². The van der Waals surface area contributed by atoms with Gasteiger partial charge in [0.25, 0.3) is 12.0 Å². The number of nitrogens with zero attached hydrogens (tertiary/aromatic N) is 9. The zero-order chi connectivity index (χ0) is 27.6. The second kappa shape index (κ2) is 10.8. The van der Waals surface area contributed by atoms with Crippen molar-refractivity contribution in [2.45, 2.75) is 13.0 Å². The molecule has 5 heterocycles. The van der Waals surface area contributed by atoms with Crippen LogP contribution >= 0.6 is 0 Å². The lowest BCUT2D eigenvalue weighted by molar-refractivity contribution is 0.118. The Morgan fingerprint density at radius 3 is 2.45 bits per heavy atom. The van der Waals surface area contributed by atoms with E-state index in [1.54, 1.807) is 30.6 Å². The molecule has 1 N–H and O–H groups in total. The van der Waals surface area contributed by atoms with Crippen LogP contribution in [0.4, 0.5) is 26.1 Å². The molecule has 5 aromatic rings. The van der Waals surface area contributed by atoms with Gasteiger partial charge in [-0.25, -0.2) is 28.1 Å². The van der Waals surface area contributed by atoms with Crippen LogP contribution in [0.15, 0.2) is 72.0 Å². The normalized spacial score (nSPS) is 14.2. The Bertz CT molecular complexity index is 1680. The third kappa shape index (κ3) is 5.10. The largest absolute Gasteiger partial charge is 0.369 e. The van der Waals surface area contributed by atoms with E-state index in [0.29, 0.717) is 11.4 Å². The fourth-order valence-corrected chi connectivity index (χ4v) is 4.68. The molecular formula is C27H26F2N10O. The molecule has 13 heteroatoms. The molecule has 0 bridgehead atoms. The smallest absolute Gasteiger partial charge is 0.278 e. The minimum atomic E-state index is -2.77. The highest BCUT2D eigenvalue weighted by atomic mass is 19.3. The van der Waals surface area contributed by atoms with E-state index >= 15 is 0 Å². The van der Waals surface area contributed by atoms with E-state index in [2.05, 4.69) is 47.1 Å². The van der Waals surface area contributed by atoms with Gasteiger partial charge in [-0.15, -0.1) is 0 Å². The summed E-state index contributed by atoms with van der Waals surface area (Å²) < 4.78 is 29.3. The average Bonchev–Trinajstić information content (AvgIpc) is 3.24. The van der Waals surface area contributed by atoms with Gasteiger partial charge in [0.1, 0.15) is 17.6 Å². The number of benzene rings is 1. The van der Waals surface area contributed by atoms with Crippen molar-refractivity contribution in [3.63, 3.8) is 0 Å². The van der Waals surface area contributed by atoms with E-state index in [0.717, 1.165) is 42.2 Å². The predicted molar refractivity (Wildman–Crippen MR) is 147 cm³/mol. The number of hydrogen-bond acceptors (Lipinski definition) is 9. The maximum atomic E-state index is 13.6. The van der Waals surface area contributed by atoms with Crippen LogP contribution in [0.25, 0.3) is 28.2 Å². The van der Waals surface area contributed by atoms with Gasteiger partial charge < -0.3 is 15.1 Å². The van der Waals surface area contributed by atoms with E-state index in [9.17, 15) is 13.6 Å². The minimum Gasteiger partial charge on any atom is -0.369 e. The summed E-state index contributed by atoms with van der Waals surface area (Å²) in [6.45, 7) is 3.11. The Morgan fingerprint density at radius 1 is 0.925 bits per heavy atom. The Hall–Kier alpha value is -4.78. The zero-order valence-corrected chi connectivity index (χ0v) is 21.7. The zero-order valence-electron chi connectivity index (χ0n) is 21.7. The first-order valence-electron chi connectivity index (χ1n) is 12.8. The second-order valence-corrected chi connectivity index (χ2v) is 9.45. The first kappa shape index (κ1) is 25.5. The maximum Gasteiger partial charge on any atom is 0.278 e. The number of likely N-dealkylation sites (N-methyl/N-ethyl adjacent to an activating group) is 1. The highest BCUT2D eigenvalue weighted by Gasteiger charge is 2.21. The average molecular weight is 545 g/mol. The molecule has 1 aromatic carbocycles. The number of hydrogen-bond donors (Lipinski definition) is 1. The van der Waals surface area contributed by atoms with Crippen molar-refractivity contribution in [1.82, 2.24) is 39.2 Å². The monoisotopic (exact) mass is 544 g/mol. The molecule has 0 radical (unpaired) electrons. The molecule has 0 amide bonds. The Balaban J connectivity index is 1.36. The quantitative estimate of drug-likeness (QED) is 0.330. The van der Waals surface area contributed by atoms with E-state index in [1.807, 2.05) is 24.3 Å². The van der Waals surface area contributed by atoms with Gasteiger partial charge in [0.15, 0.2) is 11.5 Å². The predicted octanol–water partition coefficient (Wildman–Crippen LogP) is 3.19. The number of aromatic nitrogens is 7. The summed E-state index contributed by atoms with van der Waals surface area (Å²) in [5.41, 5.74) is 2.37. The van der Waals surface area contributed by atoms with Crippen LogP contribution in [0.3, 0.4) is 0 Å². The van der Waals surface area contributed by atoms with Gasteiger partial charge in [-0.2, -0.15) is 4.98 Å². The first-order chi connectivity index (χ1) is 19.5. The number of pyridine rings is 1. The summed E-state index contributed by atoms with van der Waals surface area (Å²) in [4.78, 5) is 39.5. The van der Waals surface area contributed by atoms with Gasteiger partial charge in [-0.1, -0.05) is 6.07 Å². The third-order valence-corrected chi connectivity index (χ3v) is 6.76. The topological polar surface area (TPSA) is 110 Å². The summed E-state index contributed by atoms with van der Waals surface area (Å²) in [7, 11) is 2.12. The second-order valence-electron chi connectivity index (χ2n) is 9.45. The Kier molecular flexibility index (Phi) is 6.86. The highest BCUT2D eigenvalue weighted by molar-refractivity contribution is 5.77. The molecule has 0 atom stereocenters. The Morgan fingerprint density at radius 2 is 1.73 bits per heavy atom. The van der Waals surface area contributed by atoms with Crippen LogP contribution in [0.2, 0.25) is 0 Å². The molecule has 4 aromatic heterocycles. The standard InChI is InChI=1S/C27H26F2N10O/c1-36-11-13-37(14-12-36)19-7-5-18(6-8-19)33-27-32-15-20-25(35-27)39(38(26(20)40)17-23(28)29)24-4-2-3-21(34-24)22-16-30-9-10-31-22/h2-10,15-16,23H,11-14,17H2,1H3,(H,32,33,35). The number of fused-ring (bicyclic) bond motifs is 1. The third-order valence-electron chi connectivity index (χ3n) is 6.76. The number of rotatable bonds is 7. The number of nitrogens with one attached hydrogen (secondary N) is 1. The molecule has 0 unspecified atom stereocenters. The number of halogens is 2. The van der Waals surface area contributed by atoms with Crippen molar-refractivity contribution in [3.8, 4) is 17.2 Å². The van der Waals surface area contributed by atoms with Crippen LogP contribution in [-0.2, 0) is 6.54 Å². The van der Waals surface area contributed by atoms with Crippen molar-refractivity contribution in [3.05, 3.63) is 77.6 Å². The molecule has 1 aliphatic heterocycles. The molecule has 40 heavy (non-hydrogen) atoms. The van der Waals surface area contributed by atoms with Gasteiger partial charge in [0.2, 0.25) is 5.95 Å². The molecule has 0 spiro atoms.